The molecule has 1 saturated heterocycles. The maximum absolute atomic E-state index is 13.0. The number of amides is 2. The molecule has 1 aromatic carbocycles. The van der Waals surface area contributed by atoms with Crippen molar-refractivity contribution < 1.29 is 19.5 Å². The van der Waals surface area contributed by atoms with Crippen LogP contribution in [0, 0.1) is 5.92 Å². The molecule has 0 radical (unpaired) electrons. The van der Waals surface area contributed by atoms with Gasteiger partial charge in [0.2, 0.25) is 5.91 Å². The summed E-state index contributed by atoms with van der Waals surface area (Å²) >= 11 is 5.87. The van der Waals surface area contributed by atoms with E-state index in [1.54, 1.807) is 36.1 Å². The lowest BCUT2D eigenvalue weighted by atomic mass is 9.95. The number of hydrogen-bond donors (Lipinski definition) is 1. The minimum Gasteiger partial charge on any atom is -0.480 e. The molecule has 6 nitrogen and oxygen atoms in total. The summed E-state index contributed by atoms with van der Waals surface area (Å²) in [5.41, 5.74) is 0.542. The Morgan fingerprint density at radius 3 is 2.42 bits per heavy atom. The second kappa shape index (κ2) is 7.66. The second-order valence-corrected chi connectivity index (χ2v) is 7.52. The van der Waals surface area contributed by atoms with Gasteiger partial charge in [-0.1, -0.05) is 11.6 Å². The molecule has 1 N–H and O–H groups in total. The number of piperidine rings is 1. The lowest BCUT2D eigenvalue weighted by Crippen LogP contribution is -2.51. The topological polar surface area (TPSA) is 77.9 Å². The van der Waals surface area contributed by atoms with Gasteiger partial charge < -0.3 is 14.9 Å². The normalized spacial score (nSPS) is 21.2. The van der Waals surface area contributed by atoms with Crippen LogP contribution in [0.3, 0.4) is 0 Å². The smallest absolute Gasteiger partial charge is 0.326 e. The zero-order chi connectivity index (χ0) is 18.8. The lowest BCUT2D eigenvalue weighted by molar-refractivity contribution is -0.152. The summed E-state index contributed by atoms with van der Waals surface area (Å²) in [6.45, 7) is 2.48. The van der Waals surface area contributed by atoms with E-state index in [9.17, 15) is 19.5 Å². The van der Waals surface area contributed by atoms with E-state index in [2.05, 4.69) is 0 Å². The van der Waals surface area contributed by atoms with E-state index < -0.39 is 12.0 Å². The first-order valence-electron chi connectivity index (χ1n) is 8.98. The molecule has 2 fully saturated rings. The van der Waals surface area contributed by atoms with Crippen molar-refractivity contribution in [1.82, 2.24) is 9.80 Å². The minimum atomic E-state index is -0.991. The first-order chi connectivity index (χ1) is 12.4. The number of carbonyl (C=O) groups excluding carboxylic acids is 2. The van der Waals surface area contributed by atoms with Crippen LogP contribution in [-0.2, 0) is 9.59 Å². The van der Waals surface area contributed by atoms with Gasteiger partial charge >= 0.3 is 5.97 Å². The summed E-state index contributed by atoms with van der Waals surface area (Å²) < 4.78 is 0. The highest BCUT2D eigenvalue weighted by Crippen LogP contribution is 2.32. The number of halogens is 1. The van der Waals surface area contributed by atoms with Crippen molar-refractivity contribution in [2.45, 2.75) is 44.7 Å². The molecule has 1 aromatic rings. The third-order valence-electron chi connectivity index (χ3n) is 5.12. The molecule has 7 heteroatoms. The number of carboxylic acids is 1. The van der Waals surface area contributed by atoms with E-state index in [-0.39, 0.29) is 23.8 Å². The van der Waals surface area contributed by atoms with Crippen LogP contribution in [0.1, 0.15) is 43.0 Å². The third-order valence-corrected chi connectivity index (χ3v) is 5.37. The summed E-state index contributed by atoms with van der Waals surface area (Å²) in [4.78, 5) is 40.3. The fraction of sp³-hybridized carbons (Fsp3) is 0.526. The summed E-state index contributed by atoms with van der Waals surface area (Å²) in [6, 6.07) is 5.89. The Hall–Kier alpha value is -2.08. The lowest BCUT2D eigenvalue weighted by Gasteiger charge is -2.36. The molecule has 3 rings (SSSR count). The van der Waals surface area contributed by atoms with Gasteiger partial charge in [0.15, 0.2) is 0 Å². The van der Waals surface area contributed by atoms with Gasteiger partial charge in [-0.3, -0.25) is 9.59 Å². The molecule has 1 heterocycles. The van der Waals surface area contributed by atoms with Crippen LogP contribution in [0.4, 0.5) is 0 Å². The second-order valence-electron chi connectivity index (χ2n) is 7.09. The highest BCUT2D eigenvalue weighted by atomic mass is 35.5. The zero-order valence-corrected chi connectivity index (χ0v) is 15.5. The van der Waals surface area contributed by atoms with Crippen molar-refractivity contribution >= 4 is 29.4 Å². The van der Waals surface area contributed by atoms with Crippen LogP contribution in [0.25, 0.3) is 0 Å². The van der Waals surface area contributed by atoms with Crippen LogP contribution in [0.2, 0.25) is 5.02 Å². The zero-order valence-electron chi connectivity index (χ0n) is 14.7. The Morgan fingerprint density at radius 1 is 1.19 bits per heavy atom. The molecule has 0 spiro atoms. The van der Waals surface area contributed by atoms with Crippen LogP contribution in [0.5, 0.6) is 0 Å². The number of hydrogen-bond acceptors (Lipinski definition) is 3. The highest BCUT2D eigenvalue weighted by molar-refractivity contribution is 6.30. The molecule has 0 bridgehead atoms. The summed E-state index contributed by atoms with van der Waals surface area (Å²) in [7, 11) is 0. The van der Waals surface area contributed by atoms with E-state index in [1.807, 2.05) is 0 Å². The Bertz CT molecular complexity index is 702. The first kappa shape index (κ1) is 18.7. The van der Waals surface area contributed by atoms with Gasteiger partial charge in [-0.2, -0.15) is 0 Å². The Morgan fingerprint density at radius 2 is 1.85 bits per heavy atom. The summed E-state index contributed by atoms with van der Waals surface area (Å²) in [5, 5.41) is 9.88. The number of rotatable bonds is 5. The van der Waals surface area contributed by atoms with Gasteiger partial charge in [0, 0.05) is 29.7 Å². The Balaban J connectivity index is 1.70. The number of carbonyl (C=O) groups is 3. The number of nitrogens with zero attached hydrogens (tertiary/aromatic N) is 2. The van der Waals surface area contributed by atoms with Crippen LogP contribution < -0.4 is 0 Å². The van der Waals surface area contributed by atoms with Crippen molar-refractivity contribution in [2.75, 3.05) is 13.1 Å². The highest BCUT2D eigenvalue weighted by Gasteiger charge is 2.42. The average Bonchev–Trinajstić information content (AvgIpc) is 3.46. The Labute approximate surface area is 157 Å². The van der Waals surface area contributed by atoms with Gasteiger partial charge in [0.05, 0.1) is 5.92 Å². The molecular formula is C19H23ClN2O4. The van der Waals surface area contributed by atoms with Crippen molar-refractivity contribution in [3.8, 4) is 0 Å². The molecule has 2 unspecified atom stereocenters. The summed E-state index contributed by atoms with van der Waals surface area (Å²) in [5.74, 6) is -1.60. The largest absolute Gasteiger partial charge is 0.480 e. The van der Waals surface area contributed by atoms with Crippen molar-refractivity contribution in [3.05, 3.63) is 34.9 Å². The summed E-state index contributed by atoms with van der Waals surface area (Å²) in [6.07, 6.45) is 3.11. The molecule has 1 aliphatic heterocycles. The average molecular weight is 379 g/mol. The predicted molar refractivity (Wildman–Crippen MR) is 97.0 cm³/mol. The molecule has 0 aromatic heterocycles. The van der Waals surface area contributed by atoms with Crippen molar-refractivity contribution in [2.24, 2.45) is 5.92 Å². The monoisotopic (exact) mass is 378 g/mol. The van der Waals surface area contributed by atoms with E-state index in [4.69, 9.17) is 11.6 Å². The van der Waals surface area contributed by atoms with Gasteiger partial charge in [0.25, 0.3) is 5.91 Å². The van der Waals surface area contributed by atoms with Crippen LogP contribution in [0.15, 0.2) is 24.3 Å². The van der Waals surface area contributed by atoms with E-state index >= 15 is 0 Å². The maximum atomic E-state index is 13.0. The molecule has 1 saturated carbocycles. The number of aliphatic carboxylic acids is 1. The van der Waals surface area contributed by atoms with Gasteiger partial charge in [0.1, 0.15) is 6.04 Å². The molecule has 2 amide bonds. The molecule has 26 heavy (non-hydrogen) atoms. The van der Waals surface area contributed by atoms with Crippen molar-refractivity contribution in [3.63, 3.8) is 0 Å². The van der Waals surface area contributed by atoms with E-state index in [1.165, 1.54) is 4.90 Å². The SMILES string of the molecule is CC(C(=O)O)N(C(=O)C1CCCN(C(=O)c2ccc(Cl)cc2)C1)C1CC1. The maximum Gasteiger partial charge on any atom is 0.326 e. The molecule has 1 aliphatic carbocycles. The number of carboxylic acid groups (broad SMARTS) is 1. The standard InChI is InChI=1S/C19H23ClN2O4/c1-12(19(25)26)22(16-8-9-16)18(24)14-3-2-10-21(11-14)17(23)13-4-6-15(20)7-5-13/h4-7,12,14,16H,2-3,8-11H2,1H3,(H,25,26). The minimum absolute atomic E-state index is 0.0240. The van der Waals surface area contributed by atoms with Gasteiger partial charge in [-0.15, -0.1) is 0 Å². The third kappa shape index (κ3) is 4.01. The Kier molecular flexibility index (Phi) is 5.51. The molecule has 2 atom stereocenters. The van der Waals surface area contributed by atoms with E-state index in [0.29, 0.717) is 30.1 Å². The fourth-order valence-corrected chi connectivity index (χ4v) is 3.63. The quantitative estimate of drug-likeness (QED) is 0.854. The molecule has 140 valence electrons. The molecule has 2 aliphatic rings. The molecular weight excluding hydrogens is 356 g/mol. The predicted octanol–water partition coefficient (Wildman–Crippen LogP) is 2.66. The first-order valence-corrected chi connectivity index (χ1v) is 9.36. The number of likely N-dealkylation sites (tertiary alicyclic amines) is 1. The van der Waals surface area contributed by atoms with Crippen molar-refractivity contribution in [1.29, 1.82) is 0 Å². The fourth-order valence-electron chi connectivity index (χ4n) is 3.51. The number of benzene rings is 1. The van der Waals surface area contributed by atoms with Crippen LogP contribution in [-0.4, -0.2) is 57.9 Å². The van der Waals surface area contributed by atoms with Crippen LogP contribution >= 0.6 is 11.6 Å². The van der Waals surface area contributed by atoms with E-state index in [0.717, 1.165) is 19.3 Å². The van der Waals surface area contributed by atoms with Gasteiger partial charge in [-0.05, 0) is 56.9 Å². The van der Waals surface area contributed by atoms with Gasteiger partial charge in [-0.25, -0.2) is 4.79 Å².